The summed E-state index contributed by atoms with van der Waals surface area (Å²) in [5, 5.41) is 11.5. The van der Waals surface area contributed by atoms with E-state index in [1.165, 1.54) is 15.9 Å². The first-order valence-electron chi connectivity index (χ1n) is 10.1. The summed E-state index contributed by atoms with van der Waals surface area (Å²) in [6.07, 6.45) is 0. The van der Waals surface area contributed by atoms with Gasteiger partial charge in [0.25, 0.3) is 0 Å². The van der Waals surface area contributed by atoms with Crippen molar-refractivity contribution in [2.24, 2.45) is 0 Å². The van der Waals surface area contributed by atoms with Crippen LogP contribution >= 0.6 is 24.4 Å². The van der Waals surface area contributed by atoms with Crippen molar-refractivity contribution in [3.8, 4) is 0 Å². The van der Waals surface area contributed by atoms with Gasteiger partial charge in [-0.15, -0.1) is 17.0 Å². The summed E-state index contributed by atoms with van der Waals surface area (Å²) < 4.78 is 2.75. The fourth-order valence-corrected chi connectivity index (χ4v) is 8.61. The zero-order valence-electron chi connectivity index (χ0n) is 16.7. The molecule has 0 spiro atoms. The third kappa shape index (κ3) is 4.79. The van der Waals surface area contributed by atoms with Gasteiger partial charge in [0, 0.05) is 39.3 Å². The molecule has 1 fully saturated rings. The average molecular weight is 471 g/mol. The van der Waals surface area contributed by atoms with E-state index >= 15 is 0 Å². The van der Waals surface area contributed by atoms with Crippen LogP contribution in [0.1, 0.15) is 0 Å². The van der Waals surface area contributed by atoms with Crippen LogP contribution in [0.4, 0.5) is 0 Å². The number of hydrogen-bond acceptors (Lipinski definition) is 3. The Bertz CT molecular complexity index is 739. The van der Waals surface area contributed by atoms with Crippen LogP contribution in [0, 0.1) is 0 Å². The number of hydrogen-bond donors (Lipinski definition) is 2. The topological polar surface area (TPSA) is 27.3 Å². The second kappa shape index (κ2) is 11.0. The minimum Gasteiger partial charge on any atom is -0.314 e. The lowest BCUT2D eigenvalue weighted by molar-refractivity contribution is 0.458. The van der Waals surface area contributed by atoms with Gasteiger partial charge in [-0.1, -0.05) is 54.6 Å². The molecule has 3 aromatic rings. The summed E-state index contributed by atoms with van der Waals surface area (Å²) >= 11 is 0. The minimum absolute atomic E-state index is 0. The number of benzene rings is 3. The van der Waals surface area contributed by atoms with Gasteiger partial charge in [-0.3, -0.25) is 0 Å². The monoisotopic (exact) mass is 470 g/mol. The molecule has 3 aromatic carbocycles. The Kier molecular flexibility index (Phi) is 8.40. The van der Waals surface area contributed by atoms with Gasteiger partial charge in [0.05, 0.1) is 0 Å². The van der Waals surface area contributed by atoms with E-state index in [1.54, 1.807) is 0 Å². The highest BCUT2D eigenvalue weighted by atomic mass is 79.9. The molecule has 0 amide bonds. The smallest absolute Gasteiger partial charge is 0.181 e. The summed E-state index contributed by atoms with van der Waals surface area (Å²) in [6, 6.07) is 33.4. The quantitative estimate of drug-likeness (QED) is 0.574. The molecule has 1 aliphatic rings. The van der Waals surface area contributed by atoms with Crippen molar-refractivity contribution in [3.63, 3.8) is 0 Å². The minimum atomic E-state index is -1.94. The Morgan fingerprint density at radius 1 is 0.517 bits per heavy atom. The molecule has 0 unspecified atom stereocenters. The van der Waals surface area contributed by atoms with Crippen molar-refractivity contribution >= 4 is 40.3 Å². The van der Waals surface area contributed by atoms with Crippen molar-refractivity contribution in [1.29, 1.82) is 0 Å². The number of halogens is 1. The molecule has 3 nitrogen and oxygen atoms in total. The Morgan fingerprint density at radius 3 is 1.21 bits per heavy atom. The van der Waals surface area contributed by atoms with Gasteiger partial charge in [0.15, 0.2) is 7.41 Å². The van der Waals surface area contributed by atoms with Gasteiger partial charge in [0.1, 0.15) is 15.9 Å². The average Bonchev–Trinajstić information content (AvgIpc) is 2.91. The summed E-state index contributed by atoms with van der Waals surface area (Å²) in [4.78, 5) is 0. The van der Waals surface area contributed by atoms with Crippen molar-refractivity contribution in [2.45, 2.75) is 0 Å². The zero-order valence-corrected chi connectivity index (χ0v) is 19.3. The lowest BCUT2D eigenvalue weighted by Crippen LogP contribution is -2.46. The van der Waals surface area contributed by atoms with Gasteiger partial charge >= 0.3 is 0 Å². The van der Waals surface area contributed by atoms with E-state index in [0.717, 1.165) is 39.3 Å². The molecule has 1 saturated heterocycles. The van der Waals surface area contributed by atoms with E-state index in [0.29, 0.717) is 0 Å². The SMILES string of the molecule is Br.c1ccc([P+](c2ccccc2)(c2ccccc2)N2CCNCCNCC2)cc1. The highest BCUT2D eigenvalue weighted by Gasteiger charge is 2.51. The van der Waals surface area contributed by atoms with Gasteiger partial charge < -0.3 is 10.6 Å². The Balaban J connectivity index is 0.00000240. The molecule has 2 N–H and O–H groups in total. The Labute approximate surface area is 185 Å². The van der Waals surface area contributed by atoms with Crippen LogP contribution in [0.2, 0.25) is 0 Å². The van der Waals surface area contributed by atoms with Crippen molar-refractivity contribution in [1.82, 2.24) is 15.3 Å². The molecular formula is C24H30BrN3P+. The third-order valence-electron chi connectivity index (χ3n) is 5.39. The van der Waals surface area contributed by atoms with E-state index in [2.05, 4.69) is 106 Å². The van der Waals surface area contributed by atoms with Crippen molar-refractivity contribution < 1.29 is 0 Å². The highest BCUT2D eigenvalue weighted by Crippen LogP contribution is 2.58. The van der Waals surface area contributed by atoms with Gasteiger partial charge in [-0.2, -0.15) is 4.67 Å². The lowest BCUT2D eigenvalue weighted by Gasteiger charge is -2.36. The summed E-state index contributed by atoms with van der Waals surface area (Å²) in [7, 11) is -1.94. The van der Waals surface area contributed by atoms with E-state index < -0.39 is 7.41 Å². The van der Waals surface area contributed by atoms with Crippen molar-refractivity contribution in [2.75, 3.05) is 39.3 Å². The largest absolute Gasteiger partial charge is 0.314 e. The van der Waals surface area contributed by atoms with E-state index in [1.807, 2.05) is 0 Å². The van der Waals surface area contributed by atoms with Crippen molar-refractivity contribution in [3.05, 3.63) is 91.0 Å². The molecule has 1 aliphatic heterocycles. The summed E-state index contributed by atoms with van der Waals surface area (Å²) in [6.45, 7) is 6.15. The summed E-state index contributed by atoms with van der Waals surface area (Å²) in [5.41, 5.74) is 0. The molecular weight excluding hydrogens is 441 g/mol. The van der Waals surface area contributed by atoms with Crippen LogP contribution in [0.15, 0.2) is 91.0 Å². The lowest BCUT2D eigenvalue weighted by atomic mass is 10.4. The molecule has 1 heterocycles. The normalized spacial score (nSPS) is 16.1. The molecule has 4 rings (SSSR count). The molecule has 5 heteroatoms. The van der Waals surface area contributed by atoms with Gasteiger partial charge in [-0.25, -0.2) is 0 Å². The maximum Gasteiger partial charge on any atom is 0.181 e. The van der Waals surface area contributed by atoms with Crippen LogP contribution in [0.5, 0.6) is 0 Å². The highest BCUT2D eigenvalue weighted by molar-refractivity contribution is 8.93. The second-order valence-corrected chi connectivity index (χ2v) is 10.5. The molecule has 0 bridgehead atoms. The van der Waals surface area contributed by atoms with Crippen LogP contribution in [-0.4, -0.2) is 43.9 Å². The fourth-order valence-electron chi connectivity index (χ4n) is 4.12. The van der Waals surface area contributed by atoms with Crippen LogP contribution < -0.4 is 26.5 Å². The van der Waals surface area contributed by atoms with Gasteiger partial charge in [0.2, 0.25) is 0 Å². The Morgan fingerprint density at radius 2 is 0.862 bits per heavy atom. The summed E-state index contributed by atoms with van der Waals surface area (Å²) in [5.74, 6) is 0. The predicted octanol–water partition coefficient (Wildman–Crippen LogP) is 2.97. The zero-order chi connectivity index (χ0) is 19.1. The van der Waals surface area contributed by atoms with Crippen LogP contribution in [0.3, 0.4) is 0 Å². The number of rotatable bonds is 4. The third-order valence-corrected chi connectivity index (χ3v) is 9.77. The number of nitrogens with one attached hydrogen (secondary N) is 2. The maximum absolute atomic E-state index is 3.60. The molecule has 0 aromatic heterocycles. The van der Waals surface area contributed by atoms with E-state index in [-0.39, 0.29) is 17.0 Å². The van der Waals surface area contributed by atoms with E-state index in [4.69, 9.17) is 0 Å². The molecule has 0 atom stereocenters. The van der Waals surface area contributed by atoms with Gasteiger partial charge in [-0.05, 0) is 36.4 Å². The van der Waals surface area contributed by atoms with Crippen LogP contribution in [-0.2, 0) is 0 Å². The first kappa shape index (κ1) is 22.1. The standard InChI is InChI=1S/C24H29N3P.BrH/c1-4-10-22(11-5-1)28(23-12-6-2-7-13-23,24-14-8-3-9-15-24)27-20-18-25-16-17-26-19-21-27;/h1-15,25-26H,16-21H2;1H/q+1;. The molecule has 152 valence electrons. The van der Waals surface area contributed by atoms with Crippen LogP contribution in [0.25, 0.3) is 0 Å². The first-order chi connectivity index (χ1) is 13.9. The van der Waals surface area contributed by atoms with E-state index in [9.17, 15) is 0 Å². The Hall–Kier alpha value is -1.55. The fraction of sp³-hybridized carbons (Fsp3) is 0.250. The second-order valence-electron chi connectivity index (χ2n) is 7.10. The number of nitrogens with zero attached hydrogens (tertiary/aromatic N) is 1. The predicted molar refractivity (Wildman–Crippen MR) is 133 cm³/mol. The molecule has 0 aliphatic carbocycles. The molecule has 0 radical (unpaired) electrons. The molecule has 29 heavy (non-hydrogen) atoms. The molecule has 0 saturated carbocycles. The maximum atomic E-state index is 3.60. The first-order valence-corrected chi connectivity index (χ1v) is 11.9.